The van der Waals surface area contributed by atoms with Crippen molar-refractivity contribution in [1.82, 2.24) is 19.9 Å². The number of unbranched alkanes of at least 4 members (excludes halogenated alkanes) is 1. The van der Waals surface area contributed by atoms with E-state index in [1.165, 1.54) is 5.56 Å². The quantitative estimate of drug-likeness (QED) is 0.223. The summed E-state index contributed by atoms with van der Waals surface area (Å²) in [6.07, 6.45) is 11.6. The van der Waals surface area contributed by atoms with Crippen LogP contribution in [0.25, 0.3) is 68.6 Å². The molecular weight excluding hydrogens is 524 g/mol. The second-order valence-corrected chi connectivity index (χ2v) is 10.8. The molecule has 2 aliphatic rings. The molecule has 0 amide bonds. The molecule has 200 valence electrons. The molecule has 5 heterocycles. The Balaban J connectivity index is 1.64. The Morgan fingerprint density at radius 1 is 0.561 bits per heavy atom. The van der Waals surface area contributed by atoms with Gasteiger partial charge in [-0.2, -0.15) is 0 Å². The van der Waals surface area contributed by atoms with Crippen molar-refractivity contribution >= 4 is 58.0 Å². The first-order chi connectivity index (χ1) is 20.2. The molecule has 2 N–H and O–H groups in total. The van der Waals surface area contributed by atoms with Crippen molar-refractivity contribution in [3.63, 3.8) is 0 Å². The van der Waals surface area contributed by atoms with Gasteiger partial charge in [-0.05, 0) is 72.5 Å². The van der Waals surface area contributed by atoms with E-state index in [4.69, 9.17) is 21.6 Å². The van der Waals surface area contributed by atoms with Gasteiger partial charge in [0.2, 0.25) is 0 Å². The number of halogens is 1. The van der Waals surface area contributed by atoms with E-state index in [9.17, 15) is 0 Å². The van der Waals surface area contributed by atoms with Crippen molar-refractivity contribution < 1.29 is 0 Å². The first-order valence-corrected chi connectivity index (χ1v) is 14.5. The molecule has 7 rings (SSSR count). The standard InChI is InChI=1S/C36H29ClN4/c1-2-3-14-25-26-15-17-28(38-26)34(23-10-6-4-7-11-23)30-19-21-32(40-30)36(37)33-22-20-31(41-33)35(24-12-8-5-9-13-24)29-18-16-27(25)39-29/h4-13,15-22,40-41H,2-3,14H2,1H3. The number of fused-ring (bicyclic) bond motifs is 8. The highest BCUT2D eigenvalue weighted by atomic mass is 35.5. The first kappa shape index (κ1) is 25.3. The first-order valence-electron chi connectivity index (χ1n) is 14.1. The largest absolute Gasteiger partial charge is 0.354 e. The molecule has 0 atom stereocenters. The molecule has 41 heavy (non-hydrogen) atoms. The fraction of sp³-hybridized carbons (Fsp3) is 0.111. The van der Waals surface area contributed by atoms with Gasteiger partial charge in [0.1, 0.15) is 0 Å². The van der Waals surface area contributed by atoms with Crippen LogP contribution in [0.15, 0.2) is 84.9 Å². The van der Waals surface area contributed by atoms with Crippen LogP contribution in [-0.4, -0.2) is 19.9 Å². The van der Waals surface area contributed by atoms with Crippen LogP contribution in [0.4, 0.5) is 0 Å². The van der Waals surface area contributed by atoms with Crippen molar-refractivity contribution in [2.75, 3.05) is 0 Å². The van der Waals surface area contributed by atoms with E-state index < -0.39 is 0 Å². The second-order valence-electron chi connectivity index (χ2n) is 10.4. The Bertz CT molecular complexity index is 1840. The lowest BCUT2D eigenvalue weighted by Crippen LogP contribution is -1.95. The second kappa shape index (κ2) is 10.7. The van der Waals surface area contributed by atoms with Gasteiger partial charge in [0, 0.05) is 27.7 Å². The lowest BCUT2D eigenvalue weighted by atomic mass is 10.0. The van der Waals surface area contributed by atoms with E-state index in [1.807, 2.05) is 24.3 Å². The minimum Gasteiger partial charge on any atom is -0.354 e. The van der Waals surface area contributed by atoms with Crippen LogP contribution in [0.1, 0.15) is 48.1 Å². The summed E-state index contributed by atoms with van der Waals surface area (Å²) in [5, 5.41) is 0.622. The summed E-state index contributed by atoms with van der Waals surface area (Å²) in [7, 11) is 0. The molecule has 0 fully saturated rings. The molecule has 5 aromatic rings. The summed E-state index contributed by atoms with van der Waals surface area (Å²) >= 11 is 7.01. The Kier molecular flexibility index (Phi) is 6.62. The Hall–Kier alpha value is -4.67. The number of hydrogen-bond donors (Lipinski definition) is 2. The topological polar surface area (TPSA) is 57.4 Å². The van der Waals surface area contributed by atoms with Crippen LogP contribution in [0, 0.1) is 0 Å². The van der Waals surface area contributed by atoms with Crippen LogP contribution < -0.4 is 0 Å². The average Bonchev–Trinajstić information content (AvgIpc) is 3.83. The zero-order chi connectivity index (χ0) is 27.8. The Morgan fingerprint density at radius 2 is 1.00 bits per heavy atom. The predicted molar refractivity (Wildman–Crippen MR) is 173 cm³/mol. The summed E-state index contributed by atoms with van der Waals surface area (Å²) in [5.74, 6) is 0. The smallest absolute Gasteiger partial charge is 0.0875 e. The van der Waals surface area contributed by atoms with Gasteiger partial charge in [0.05, 0.1) is 38.8 Å². The molecular formula is C36H29ClN4. The number of nitrogens with zero attached hydrogens (tertiary/aromatic N) is 2. The summed E-state index contributed by atoms with van der Waals surface area (Å²) in [6.45, 7) is 2.22. The summed E-state index contributed by atoms with van der Waals surface area (Å²) in [5.41, 5.74) is 12.8. The monoisotopic (exact) mass is 552 g/mol. The van der Waals surface area contributed by atoms with E-state index in [1.54, 1.807) is 0 Å². The van der Waals surface area contributed by atoms with Crippen LogP contribution >= 0.6 is 11.6 Å². The molecule has 0 saturated heterocycles. The van der Waals surface area contributed by atoms with E-state index in [0.29, 0.717) is 5.02 Å². The Morgan fingerprint density at radius 3 is 1.46 bits per heavy atom. The van der Waals surface area contributed by atoms with E-state index in [2.05, 4.69) is 102 Å². The van der Waals surface area contributed by atoms with Gasteiger partial charge in [0.25, 0.3) is 0 Å². The van der Waals surface area contributed by atoms with Crippen molar-refractivity contribution in [2.24, 2.45) is 0 Å². The molecule has 2 aromatic carbocycles. The highest BCUT2D eigenvalue weighted by Crippen LogP contribution is 2.35. The summed E-state index contributed by atoms with van der Waals surface area (Å²) < 4.78 is 0. The SMILES string of the molecule is CCCCc1c2nc(c(-c3ccccc3)c3ccc([nH]3)c(Cl)c3ccc([nH]3)c(-c3ccccc3)c3nc1C=C3)C=C2. The van der Waals surface area contributed by atoms with Gasteiger partial charge >= 0.3 is 0 Å². The maximum absolute atomic E-state index is 7.01. The number of aromatic nitrogens is 4. The van der Waals surface area contributed by atoms with Crippen molar-refractivity contribution in [3.8, 4) is 22.3 Å². The minimum atomic E-state index is 0.622. The number of hydrogen-bond acceptors (Lipinski definition) is 2. The molecule has 2 aliphatic heterocycles. The van der Waals surface area contributed by atoms with Gasteiger partial charge in [-0.1, -0.05) is 85.6 Å². The molecule has 0 aliphatic carbocycles. The number of benzene rings is 2. The fourth-order valence-electron chi connectivity index (χ4n) is 5.66. The number of aromatic amines is 2. The van der Waals surface area contributed by atoms with Crippen LogP contribution in [0.3, 0.4) is 0 Å². The number of rotatable bonds is 5. The molecule has 4 nitrogen and oxygen atoms in total. The van der Waals surface area contributed by atoms with E-state index in [0.717, 1.165) is 86.4 Å². The van der Waals surface area contributed by atoms with Crippen molar-refractivity contribution in [1.29, 1.82) is 0 Å². The molecule has 0 unspecified atom stereocenters. The highest BCUT2D eigenvalue weighted by Gasteiger charge is 2.17. The molecule has 8 bridgehead atoms. The van der Waals surface area contributed by atoms with E-state index >= 15 is 0 Å². The maximum atomic E-state index is 7.01. The third-order valence-corrected chi connectivity index (χ3v) is 8.11. The maximum Gasteiger partial charge on any atom is 0.0875 e. The molecule has 0 saturated carbocycles. The third-order valence-electron chi connectivity index (χ3n) is 7.70. The minimum absolute atomic E-state index is 0.622. The van der Waals surface area contributed by atoms with Gasteiger partial charge in [-0.25, -0.2) is 9.97 Å². The number of nitrogens with one attached hydrogen (secondary N) is 2. The van der Waals surface area contributed by atoms with Gasteiger partial charge < -0.3 is 9.97 Å². The van der Waals surface area contributed by atoms with E-state index in [-0.39, 0.29) is 0 Å². The predicted octanol–water partition coefficient (Wildman–Crippen LogP) is 9.99. The summed E-state index contributed by atoms with van der Waals surface area (Å²) in [6, 6.07) is 29.0. The lowest BCUT2D eigenvalue weighted by Gasteiger charge is -2.05. The summed E-state index contributed by atoms with van der Waals surface area (Å²) in [4.78, 5) is 17.6. The van der Waals surface area contributed by atoms with Gasteiger partial charge in [-0.15, -0.1) is 0 Å². The van der Waals surface area contributed by atoms with Crippen LogP contribution in [0.2, 0.25) is 5.02 Å². The molecule has 5 heteroatoms. The zero-order valence-corrected chi connectivity index (χ0v) is 23.5. The third kappa shape index (κ3) is 4.71. The van der Waals surface area contributed by atoms with Crippen LogP contribution in [-0.2, 0) is 6.42 Å². The Labute approximate surface area is 244 Å². The molecule has 0 spiro atoms. The van der Waals surface area contributed by atoms with Crippen molar-refractivity contribution in [2.45, 2.75) is 26.2 Å². The molecule has 0 radical (unpaired) electrons. The van der Waals surface area contributed by atoms with Crippen LogP contribution in [0.5, 0.6) is 0 Å². The molecule has 3 aromatic heterocycles. The normalized spacial score (nSPS) is 12.2. The lowest BCUT2D eigenvalue weighted by molar-refractivity contribution is 0.788. The number of H-pyrrole nitrogens is 2. The average molecular weight is 553 g/mol. The van der Waals surface area contributed by atoms with Gasteiger partial charge in [0.15, 0.2) is 0 Å². The van der Waals surface area contributed by atoms with Gasteiger partial charge in [-0.3, -0.25) is 0 Å². The zero-order valence-electron chi connectivity index (χ0n) is 22.8. The fourth-order valence-corrected chi connectivity index (χ4v) is 5.88. The van der Waals surface area contributed by atoms with Crippen molar-refractivity contribution in [3.05, 3.63) is 118 Å². The highest BCUT2D eigenvalue weighted by molar-refractivity contribution is 6.37.